The molecular weight excluding hydrogens is 374 g/mol. The van der Waals surface area contributed by atoms with Crippen LogP contribution >= 0.6 is 0 Å². The molecule has 10 nitrogen and oxygen atoms in total. The van der Waals surface area contributed by atoms with E-state index in [1.807, 2.05) is 0 Å². The van der Waals surface area contributed by atoms with Crippen molar-refractivity contribution in [3.8, 4) is 0 Å². The van der Waals surface area contributed by atoms with Crippen LogP contribution in [0, 0.1) is 0 Å². The Bertz CT molecular complexity index is 413. The van der Waals surface area contributed by atoms with Gasteiger partial charge in [0.1, 0.15) is 24.4 Å². The highest BCUT2D eigenvalue weighted by Crippen LogP contribution is 2.22. The third kappa shape index (κ3) is 9.57. The van der Waals surface area contributed by atoms with Crippen LogP contribution in [0.25, 0.3) is 0 Å². The van der Waals surface area contributed by atoms with Gasteiger partial charge in [-0.3, -0.25) is 4.79 Å². The quantitative estimate of drug-likeness (QED) is 0.246. The fourth-order valence-electron chi connectivity index (χ4n) is 2.62. The molecule has 28 heavy (non-hydrogen) atoms. The molecule has 1 saturated heterocycles. The van der Waals surface area contributed by atoms with Gasteiger partial charge >= 0.3 is 0 Å². The molecule has 4 N–H and O–H groups in total. The maximum Gasteiger partial charge on any atom is 0.217 e. The molecule has 1 aliphatic rings. The Kier molecular flexibility index (Phi) is 13.5. The van der Waals surface area contributed by atoms with Gasteiger partial charge in [0.25, 0.3) is 0 Å². The van der Waals surface area contributed by atoms with Crippen LogP contribution in [0.4, 0.5) is 0 Å². The minimum Gasteiger partial charge on any atom is -0.394 e. The third-order valence-corrected chi connectivity index (χ3v) is 4.15. The number of hydrogen-bond acceptors (Lipinski definition) is 9. The first-order valence-electron chi connectivity index (χ1n) is 9.75. The summed E-state index contributed by atoms with van der Waals surface area (Å²) in [6, 6.07) is -0.952. The van der Waals surface area contributed by atoms with Crippen molar-refractivity contribution in [1.29, 1.82) is 0 Å². The predicted molar refractivity (Wildman–Crippen MR) is 98.7 cm³/mol. The van der Waals surface area contributed by atoms with Crippen molar-refractivity contribution < 1.29 is 43.8 Å². The smallest absolute Gasteiger partial charge is 0.217 e. The summed E-state index contributed by atoms with van der Waals surface area (Å²) in [6.45, 7) is 5.95. The lowest BCUT2D eigenvalue weighted by Crippen LogP contribution is -2.64. The van der Waals surface area contributed by atoms with Gasteiger partial charge in [0.05, 0.1) is 46.2 Å². The molecule has 1 heterocycles. The Morgan fingerprint density at radius 1 is 0.964 bits per heavy atom. The van der Waals surface area contributed by atoms with Crippen molar-refractivity contribution in [2.45, 2.75) is 57.3 Å². The number of unbranched alkanes of at least 4 members (excludes halogenated alkanes) is 1. The molecule has 1 amide bonds. The van der Waals surface area contributed by atoms with Gasteiger partial charge in [0.15, 0.2) is 6.29 Å². The van der Waals surface area contributed by atoms with Crippen molar-refractivity contribution in [3.05, 3.63) is 0 Å². The highest BCUT2D eigenvalue weighted by Gasteiger charge is 2.45. The summed E-state index contributed by atoms with van der Waals surface area (Å²) in [5.41, 5.74) is 0. The number of carbonyl (C=O) groups is 1. The van der Waals surface area contributed by atoms with E-state index in [-0.39, 0.29) is 13.2 Å². The maximum atomic E-state index is 11.3. The van der Waals surface area contributed by atoms with Crippen molar-refractivity contribution in [2.75, 3.05) is 52.9 Å². The first-order valence-corrected chi connectivity index (χ1v) is 9.75. The van der Waals surface area contributed by atoms with E-state index in [2.05, 4.69) is 12.2 Å². The van der Waals surface area contributed by atoms with E-state index in [0.29, 0.717) is 26.4 Å². The van der Waals surface area contributed by atoms with Gasteiger partial charge in [0.2, 0.25) is 5.91 Å². The van der Waals surface area contributed by atoms with Gasteiger partial charge in [-0.2, -0.15) is 0 Å². The molecule has 0 aromatic heterocycles. The average Bonchev–Trinajstić information content (AvgIpc) is 2.67. The second kappa shape index (κ2) is 15.1. The standard InChI is InChI=1S/C18H35NO9/c1-3-4-5-24-6-7-25-8-9-26-10-11-27-18-15(19-13(2)21)17(23)16(22)14(12-20)28-18/h14-18,20,22-23H,3-12H2,1-2H3,(H,19,21)/t14-,15-,16+,17-,18?/m1/s1. The number of aliphatic hydroxyl groups excluding tert-OH is 3. The van der Waals surface area contributed by atoms with E-state index in [0.717, 1.165) is 19.4 Å². The summed E-state index contributed by atoms with van der Waals surface area (Å²) in [5.74, 6) is -0.400. The fourth-order valence-corrected chi connectivity index (χ4v) is 2.62. The summed E-state index contributed by atoms with van der Waals surface area (Å²) in [4.78, 5) is 11.3. The largest absolute Gasteiger partial charge is 0.394 e. The van der Waals surface area contributed by atoms with Crippen LogP contribution in [0.5, 0.6) is 0 Å². The molecular formula is C18H35NO9. The minimum absolute atomic E-state index is 0.141. The molecule has 0 aliphatic carbocycles. The Labute approximate surface area is 166 Å². The molecule has 0 spiro atoms. The van der Waals surface area contributed by atoms with Crippen LogP contribution in [0.2, 0.25) is 0 Å². The zero-order chi connectivity index (χ0) is 20.8. The number of hydrogen-bond donors (Lipinski definition) is 4. The van der Waals surface area contributed by atoms with Crippen LogP contribution in [0.1, 0.15) is 26.7 Å². The molecule has 0 radical (unpaired) electrons. The van der Waals surface area contributed by atoms with Crippen molar-refractivity contribution in [3.63, 3.8) is 0 Å². The van der Waals surface area contributed by atoms with Gasteiger partial charge in [-0.15, -0.1) is 0 Å². The Balaban J connectivity index is 2.18. The van der Waals surface area contributed by atoms with Crippen molar-refractivity contribution in [1.82, 2.24) is 5.32 Å². The lowest BCUT2D eigenvalue weighted by atomic mass is 9.97. The van der Waals surface area contributed by atoms with Crippen molar-refractivity contribution in [2.24, 2.45) is 0 Å². The number of aliphatic hydroxyl groups is 3. The summed E-state index contributed by atoms with van der Waals surface area (Å²) in [7, 11) is 0. The number of ether oxygens (including phenoxy) is 5. The topological polar surface area (TPSA) is 136 Å². The summed E-state index contributed by atoms with van der Waals surface area (Å²) in [6.07, 6.45) is -2.52. The first kappa shape index (κ1) is 25.2. The molecule has 166 valence electrons. The minimum atomic E-state index is -1.33. The molecule has 0 bridgehead atoms. The van der Waals surface area contributed by atoms with Gasteiger partial charge < -0.3 is 44.3 Å². The number of amides is 1. The number of rotatable bonds is 15. The number of nitrogens with one attached hydrogen (secondary N) is 1. The summed E-state index contributed by atoms with van der Waals surface area (Å²) >= 11 is 0. The van der Waals surface area contributed by atoms with Gasteiger partial charge in [-0.1, -0.05) is 13.3 Å². The van der Waals surface area contributed by atoms with E-state index in [1.165, 1.54) is 6.92 Å². The average molecular weight is 409 g/mol. The molecule has 5 atom stereocenters. The summed E-state index contributed by atoms with van der Waals surface area (Å²) in [5, 5.41) is 31.8. The van der Waals surface area contributed by atoms with Crippen LogP contribution in [-0.2, 0) is 28.5 Å². The van der Waals surface area contributed by atoms with Gasteiger partial charge in [-0.05, 0) is 6.42 Å². The normalized spacial score (nSPS) is 27.7. The Morgan fingerprint density at radius 3 is 2.07 bits per heavy atom. The van der Waals surface area contributed by atoms with Gasteiger partial charge in [0, 0.05) is 13.5 Å². The lowest BCUT2D eigenvalue weighted by Gasteiger charge is -2.42. The Hall–Kier alpha value is -0.850. The van der Waals surface area contributed by atoms with E-state index in [9.17, 15) is 20.1 Å². The fraction of sp³-hybridized carbons (Fsp3) is 0.944. The van der Waals surface area contributed by atoms with E-state index in [4.69, 9.17) is 23.7 Å². The molecule has 10 heteroatoms. The van der Waals surface area contributed by atoms with Crippen LogP contribution < -0.4 is 5.32 Å². The second-order valence-electron chi connectivity index (χ2n) is 6.49. The zero-order valence-corrected chi connectivity index (χ0v) is 16.7. The van der Waals surface area contributed by atoms with Crippen molar-refractivity contribution >= 4 is 5.91 Å². The monoisotopic (exact) mass is 409 g/mol. The predicted octanol–water partition coefficient (Wildman–Crippen LogP) is -1.20. The SMILES string of the molecule is CCCCOCCOCCOCCOC1O[C@H](CO)[C@H](O)[C@H](O)[C@H]1NC(C)=O. The van der Waals surface area contributed by atoms with Gasteiger partial charge in [-0.25, -0.2) is 0 Å². The number of carbonyl (C=O) groups excluding carboxylic acids is 1. The Morgan fingerprint density at radius 2 is 1.54 bits per heavy atom. The first-order chi connectivity index (χ1) is 13.5. The zero-order valence-electron chi connectivity index (χ0n) is 16.7. The van der Waals surface area contributed by atoms with Crippen LogP contribution in [0.15, 0.2) is 0 Å². The van der Waals surface area contributed by atoms with E-state index >= 15 is 0 Å². The van der Waals surface area contributed by atoms with Crippen LogP contribution in [0.3, 0.4) is 0 Å². The second-order valence-corrected chi connectivity index (χ2v) is 6.49. The lowest BCUT2D eigenvalue weighted by molar-refractivity contribution is -0.272. The molecule has 1 rings (SSSR count). The molecule has 1 fully saturated rings. The van der Waals surface area contributed by atoms with E-state index < -0.39 is 43.2 Å². The molecule has 1 aliphatic heterocycles. The third-order valence-electron chi connectivity index (χ3n) is 4.15. The molecule has 0 saturated carbocycles. The highest BCUT2D eigenvalue weighted by atomic mass is 16.7. The molecule has 1 unspecified atom stereocenters. The van der Waals surface area contributed by atoms with Crippen LogP contribution in [-0.4, -0.2) is 105 Å². The maximum absolute atomic E-state index is 11.3. The summed E-state index contributed by atoms with van der Waals surface area (Å²) < 4.78 is 27.1. The van der Waals surface area contributed by atoms with E-state index in [1.54, 1.807) is 0 Å². The molecule has 0 aromatic rings. The molecule has 0 aromatic carbocycles. The highest BCUT2D eigenvalue weighted by molar-refractivity contribution is 5.73.